The van der Waals surface area contributed by atoms with E-state index in [0.29, 0.717) is 31.9 Å². The highest BCUT2D eigenvalue weighted by molar-refractivity contribution is 7.71. The van der Waals surface area contributed by atoms with E-state index in [0.717, 1.165) is 5.56 Å². The van der Waals surface area contributed by atoms with Crippen LogP contribution >= 0.6 is 12.2 Å². The molecule has 1 atom stereocenters. The summed E-state index contributed by atoms with van der Waals surface area (Å²) in [6, 6.07) is 15.6. The number of hydrogen-bond acceptors (Lipinski definition) is 7. The summed E-state index contributed by atoms with van der Waals surface area (Å²) in [4.78, 5) is 27.8. The number of halogens is 1. The fourth-order valence-electron chi connectivity index (χ4n) is 3.89. The van der Waals surface area contributed by atoms with Crippen molar-refractivity contribution in [3.63, 3.8) is 0 Å². The van der Waals surface area contributed by atoms with Crippen molar-refractivity contribution in [2.24, 2.45) is 7.05 Å². The van der Waals surface area contributed by atoms with Gasteiger partial charge in [-0.05, 0) is 42.0 Å². The van der Waals surface area contributed by atoms with Crippen LogP contribution in [-0.2, 0) is 23.1 Å². The molecule has 34 heavy (non-hydrogen) atoms. The van der Waals surface area contributed by atoms with Gasteiger partial charge in [0, 0.05) is 32.4 Å². The topological polar surface area (TPSA) is 77.7 Å². The van der Waals surface area contributed by atoms with E-state index in [1.807, 2.05) is 30.3 Å². The highest BCUT2D eigenvalue weighted by atomic mass is 32.1. The van der Waals surface area contributed by atoms with Crippen molar-refractivity contribution in [1.29, 1.82) is 0 Å². The Morgan fingerprint density at radius 2 is 1.91 bits per heavy atom. The smallest absolute Gasteiger partial charge is 0.347 e. The Labute approximate surface area is 201 Å². The average Bonchev–Trinajstić information content (AvgIpc) is 2.85. The molecule has 1 aromatic heterocycles. The number of anilines is 1. The number of carbonyl (C=O) groups excluding carboxylic acids is 1. The molecule has 8 nitrogen and oxygen atoms in total. The zero-order valence-electron chi connectivity index (χ0n) is 18.9. The summed E-state index contributed by atoms with van der Waals surface area (Å²) in [5, 5.41) is 3.22. The number of esters is 1. The molecule has 1 aliphatic heterocycles. The lowest BCUT2D eigenvalue weighted by Crippen LogP contribution is -2.46. The van der Waals surface area contributed by atoms with Crippen molar-refractivity contribution in [2.75, 3.05) is 32.1 Å². The maximum atomic E-state index is 13.3. The summed E-state index contributed by atoms with van der Waals surface area (Å²) < 4.78 is 27.2. The molecule has 1 unspecified atom stereocenters. The Hall–Kier alpha value is -3.34. The van der Waals surface area contributed by atoms with E-state index in [1.54, 1.807) is 16.7 Å². The number of nitrogens with zero attached hydrogens (tertiary/aromatic N) is 3. The Balaban J connectivity index is 1.71. The van der Waals surface area contributed by atoms with E-state index < -0.39 is 17.8 Å². The van der Waals surface area contributed by atoms with E-state index in [2.05, 4.69) is 10.2 Å². The molecule has 0 saturated carbocycles. The monoisotopic (exact) mass is 484 g/mol. The van der Waals surface area contributed by atoms with Crippen molar-refractivity contribution in [3.05, 3.63) is 86.7 Å². The number of para-hydroxylation sites is 1. The molecular weight excluding hydrogens is 459 g/mol. The van der Waals surface area contributed by atoms with Crippen molar-refractivity contribution in [1.82, 2.24) is 14.0 Å². The molecule has 0 bridgehead atoms. The summed E-state index contributed by atoms with van der Waals surface area (Å²) in [7, 11) is 2.74. The standard InChI is InChI=1S/C24H25FN4O4S/c1-27-22(30)20(23(31)32-2)21(29(24(27)34)18-6-4-3-5-7-18)26-19-15-28(12-13-33-19)14-16-8-10-17(25)11-9-16/h3-11,19,26H,12-15H2,1-2H3. The Morgan fingerprint density at radius 3 is 2.59 bits per heavy atom. The van der Waals surface area contributed by atoms with Gasteiger partial charge >= 0.3 is 5.97 Å². The number of nitrogens with one attached hydrogen (secondary N) is 1. The predicted octanol–water partition coefficient (Wildman–Crippen LogP) is 3.10. The lowest BCUT2D eigenvalue weighted by Gasteiger charge is -2.34. The van der Waals surface area contributed by atoms with Crippen LogP contribution < -0.4 is 10.9 Å². The third-order valence-corrected chi connectivity index (χ3v) is 6.09. The fraction of sp³-hybridized carbons (Fsp3) is 0.292. The maximum Gasteiger partial charge on any atom is 0.347 e. The zero-order valence-corrected chi connectivity index (χ0v) is 19.7. The van der Waals surface area contributed by atoms with Crippen LogP contribution in [0.2, 0.25) is 0 Å². The molecular formula is C24H25FN4O4S. The van der Waals surface area contributed by atoms with Gasteiger partial charge in [-0.2, -0.15) is 0 Å². The third-order valence-electron chi connectivity index (χ3n) is 5.63. The summed E-state index contributed by atoms with van der Waals surface area (Å²) in [6.07, 6.45) is -0.533. The van der Waals surface area contributed by atoms with Gasteiger partial charge in [0.15, 0.2) is 10.3 Å². The molecule has 0 radical (unpaired) electrons. The first-order valence-corrected chi connectivity index (χ1v) is 11.1. The fourth-order valence-corrected chi connectivity index (χ4v) is 4.17. The predicted molar refractivity (Wildman–Crippen MR) is 128 cm³/mol. The van der Waals surface area contributed by atoms with E-state index >= 15 is 0 Å². The highest BCUT2D eigenvalue weighted by Gasteiger charge is 2.28. The van der Waals surface area contributed by atoms with Crippen LogP contribution in [0.1, 0.15) is 15.9 Å². The normalized spacial score (nSPS) is 16.3. The number of carbonyl (C=O) groups is 1. The number of morpholine rings is 1. The minimum atomic E-state index is -0.776. The molecule has 4 rings (SSSR count). The summed E-state index contributed by atoms with van der Waals surface area (Å²) in [5.41, 5.74) is 0.917. The van der Waals surface area contributed by atoms with Crippen LogP contribution in [0.15, 0.2) is 59.4 Å². The largest absolute Gasteiger partial charge is 0.465 e. The summed E-state index contributed by atoms with van der Waals surface area (Å²) >= 11 is 5.57. The highest BCUT2D eigenvalue weighted by Crippen LogP contribution is 2.22. The average molecular weight is 485 g/mol. The van der Waals surface area contributed by atoms with Crippen LogP contribution in [0.25, 0.3) is 5.69 Å². The van der Waals surface area contributed by atoms with Gasteiger partial charge in [-0.25, -0.2) is 9.18 Å². The van der Waals surface area contributed by atoms with Gasteiger partial charge in [-0.1, -0.05) is 30.3 Å². The van der Waals surface area contributed by atoms with E-state index in [-0.39, 0.29) is 22.0 Å². The second-order valence-corrected chi connectivity index (χ2v) is 8.26. The van der Waals surface area contributed by atoms with Gasteiger partial charge in [0.1, 0.15) is 17.9 Å². The second kappa shape index (κ2) is 10.3. The van der Waals surface area contributed by atoms with Crippen molar-refractivity contribution >= 4 is 24.0 Å². The van der Waals surface area contributed by atoms with Crippen LogP contribution in [-0.4, -0.2) is 53.0 Å². The van der Waals surface area contributed by atoms with Gasteiger partial charge < -0.3 is 14.8 Å². The van der Waals surface area contributed by atoms with E-state index in [4.69, 9.17) is 21.7 Å². The first kappa shape index (κ1) is 23.8. The lowest BCUT2D eigenvalue weighted by atomic mass is 10.2. The van der Waals surface area contributed by atoms with Crippen LogP contribution in [0.4, 0.5) is 10.2 Å². The molecule has 0 aliphatic carbocycles. The molecule has 1 saturated heterocycles. The SMILES string of the molecule is COC(=O)c1c(NC2CN(Cc3ccc(F)cc3)CCO2)n(-c2ccccc2)c(=S)n(C)c1=O. The van der Waals surface area contributed by atoms with Gasteiger partial charge in [0.2, 0.25) is 0 Å². The Kier molecular flexibility index (Phi) is 7.20. The van der Waals surface area contributed by atoms with Gasteiger partial charge in [0.05, 0.1) is 13.7 Å². The molecule has 1 N–H and O–H groups in total. The van der Waals surface area contributed by atoms with Gasteiger partial charge in [-0.3, -0.25) is 18.8 Å². The molecule has 178 valence electrons. The molecule has 1 aliphatic rings. The second-order valence-electron chi connectivity index (χ2n) is 7.90. The molecule has 1 fully saturated rings. The van der Waals surface area contributed by atoms with Crippen LogP contribution in [0.5, 0.6) is 0 Å². The van der Waals surface area contributed by atoms with Crippen molar-refractivity contribution in [3.8, 4) is 5.69 Å². The lowest BCUT2D eigenvalue weighted by molar-refractivity contribution is -0.0167. The molecule has 3 aromatic rings. The van der Waals surface area contributed by atoms with Gasteiger partial charge in [-0.15, -0.1) is 0 Å². The minimum Gasteiger partial charge on any atom is -0.465 e. The number of benzene rings is 2. The van der Waals surface area contributed by atoms with Crippen molar-refractivity contribution < 1.29 is 18.7 Å². The number of ether oxygens (including phenoxy) is 2. The zero-order chi connectivity index (χ0) is 24.2. The van der Waals surface area contributed by atoms with E-state index in [1.165, 1.54) is 30.9 Å². The molecule has 0 spiro atoms. The first-order chi connectivity index (χ1) is 16.4. The Morgan fingerprint density at radius 1 is 1.21 bits per heavy atom. The number of hydrogen-bond donors (Lipinski definition) is 1. The van der Waals surface area contributed by atoms with Crippen LogP contribution in [0, 0.1) is 10.6 Å². The summed E-state index contributed by atoms with van der Waals surface area (Å²) in [5.74, 6) is -0.849. The number of methoxy groups -OCH3 is 1. The number of aromatic nitrogens is 2. The van der Waals surface area contributed by atoms with Gasteiger partial charge in [0.25, 0.3) is 5.56 Å². The van der Waals surface area contributed by atoms with Crippen molar-refractivity contribution in [2.45, 2.75) is 12.8 Å². The summed E-state index contributed by atoms with van der Waals surface area (Å²) in [6.45, 7) is 2.19. The molecule has 2 heterocycles. The van der Waals surface area contributed by atoms with Crippen LogP contribution in [0.3, 0.4) is 0 Å². The minimum absolute atomic E-state index is 0.165. The molecule has 2 aromatic carbocycles. The first-order valence-electron chi connectivity index (χ1n) is 10.7. The van der Waals surface area contributed by atoms with E-state index in [9.17, 15) is 14.0 Å². The maximum absolute atomic E-state index is 13.3. The molecule has 0 amide bonds. The number of rotatable bonds is 6. The third kappa shape index (κ3) is 4.93. The quantitative estimate of drug-likeness (QED) is 0.426. The molecule has 10 heteroatoms. The Bertz CT molecular complexity index is 1290.